The van der Waals surface area contributed by atoms with Gasteiger partial charge in [-0.25, -0.2) is 0 Å². The summed E-state index contributed by atoms with van der Waals surface area (Å²) in [5.41, 5.74) is 2.89. The molecular formula is C21H21N5OS2. The first kappa shape index (κ1) is 21.0. The zero-order valence-corrected chi connectivity index (χ0v) is 17.9. The van der Waals surface area contributed by atoms with Crippen LogP contribution in [0.25, 0.3) is 11.4 Å². The molecule has 0 unspecified atom stereocenters. The van der Waals surface area contributed by atoms with E-state index in [4.69, 9.17) is 5.26 Å². The minimum absolute atomic E-state index is 0.122. The summed E-state index contributed by atoms with van der Waals surface area (Å²) in [6, 6.07) is 17.7. The maximum atomic E-state index is 12.5. The van der Waals surface area contributed by atoms with Crippen LogP contribution in [-0.2, 0) is 11.3 Å². The summed E-state index contributed by atoms with van der Waals surface area (Å²) in [6.45, 7) is 4.80. The summed E-state index contributed by atoms with van der Waals surface area (Å²) in [5, 5.41) is 21.0. The first-order valence-corrected chi connectivity index (χ1v) is 11.1. The third-order valence-electron chi connectivity index (χ3n) is 4.10. The Kier molecular flexibility index (Phi) is 7.33. The van der Waals surface area contributed by atoms with Crippen LogP contribution in [0.5, 0.6) is 0 Å². The van der Waals surface area contributed by atoms with Crippen LogP contribution in [0.15, 0.2) is 58.6 Å². The van der Waals surface area contributed by atoms with Gasteiger partial charge in [0.1, 0.15) is 0 Å². The number of nitrogens with zero attached hydrogens (tertiary/aromatic N) is 4. The van der Waals surface area contributed by atoms with Gasteiger partial charge >= 0.3 is 0 Å². The maximum Gasteiger partial charge on any atom is 0.234 e. The number of amides is 1. The second kappa shape index (κ2) is 10.1. The molecule has 0 atom stereocenters. The van der Waals surface area contributed by atoms with Crippen molar-refractivity contribution in [2.45, 2.75) is 30.4 Å². The Morgan fingerprint density at radius 2 is 2.00 bits per heavy atom. The SMILES string of the molecule is CCn1c(SCC(=O)Nc2ccccc2SCC#N)nnc1-c1cccc(C)c1. The van der Waals surface area contributed by atoms with Crippen molar-refractivity contribution in [2.24, 2.45) is 0 Å². The van der Waals surface area contributed by atoms with Crippen molar-refractivity contribution >= 4 is 35.1 Å². The first-order valence-electron chi connectivity index (χ1n) is 9.14. The number of hydrogen-bond donors (Lipinski definition) is 1. The molecule has 0 aliphatic heterocycles. The molecule has 0 aliphatic rings. The number of carbonyl (C=O) groups excluding carboxylic acids is 1. The van der Waals surface area contributed by atoms with E-state index >= 15 is 0 Å². The molecule has 0 saturated carbocycles. The van der Waals surface area contributed by atoms with E-state index in [0.29, 0.717) is 17.5 Å². The topological polar surface area (TPSA) is 83.6 Å². The van der Waals surface area contributed by atoms with Crippen LogP contribution in [0, 0.1) is 18.3 Å². The van der Waals surface area contributed by atoms with Crippen molar-refractivity contribution in [1.82, 2.24) is 14.8 Å². The van der Waals surface area contributed by atoms with Gasteiger partial charge < -0.3 is 9.88 Å². The van der Waals surface area contributed by atoms with Gasteiger partial charge in [-0.3, -0.25) is 4.79 Å². The summed E-state index contributed by atoms with van der Waals surface area (Å²) in [7, 11) is 0. The van der Waals surface area contributed by atoms with Crippen LogP contribution in [0.3, 0.4) is 0 Å². The van der Waals surface area contributed by atoms with Crippen LogP contribution >= 0.6 is 23.5 Å². The molecule has 1 amide bonds. The van der Waals surface area contributed by atoms with Crippen molar-refractivity contribution in [2.75, 3.05) is 16.8 Å². The summed E-state index contributed by atoms with van der Waals surface area (Å²) in [4.78, 5) is 13.3. The molecule has 0 spiro atoms. The van der Waals surface area contributed by atoms with Crippen molar-refractivity contribution < 1.29 is 4.79 Å². The highest BCUT2D eigenvalue weighted by Crippen LogP contribution is 2.28. The Bertz CT molecular complexity index is 1040. The number of aromatic nitrogens is 3. The van der Waals surface area contributed by atoms with E-state index in [2.05, 4.69) is 27.6 Å². The van der Waals surface area contributed by atoms with Crippen LogP contribution in [0.1, 0.15) is 12.5 Å². The fourth-order valence-corrected chi connectivity index (χ4v) is 4.27. The van der Waals surface area contributed by atoms with Crippen molar-refractivity contribution in [3.05, 3.63) is 54.1 Å². The van der Waals surface area contributed by atoms with Gasteiger partial charge in [0.25, 0.3) is 0 Å². The molecule has 29 heavy (non-hydrogen) atoms. The van der Waals surface area contributed by atoms with E-state index < -0.39 is 0 Å². The Morgan fingerprint density at radius 3 is 2.76 bits per heavy atom. The molecule has 0 bridgehead atoms. The fourth-order valence-electron chi connectivity index (χ4n) is 2.80. The van der Waals surface area contributed by atoms with Gasteiger partial charge in [0.05, 0.1) is 23.3 Å². The summed E-state index contributed by atoms with van der Waals surface area (Å²) < 4.78 is 2.02. The molecule has 0 aliphatic carbocycles. The van der Waals surface area contributed by atoms with E-state index in [1.165, 1.54) is 23.5 Å². The van der Waals surface area contributed by atoms with Crippen molar-refractivity contribution in [3.8, 4) is 17.5 Å². The van der Waals surface area contributed by atoms with E-state index in [9.17, 15) is 4.79 Å². The number of carbonyl (C=O) groups is 1. The van der Waals surface area contributed by atoms with E-state index in [1.54, 1.807) is 0 Å². The molecule has 1 aromatic heterocycles. The molecule has 0 fully saturated rings. The van der Waals surface area contributed by atoms with Crippen molar-refractivity contribution in [3.63, 3.8) is 0 Å². The molecule has 2 aromatic carbocycles. The number of para-hydroxylation sites is 1. The number of hydrogen-bond acceptors (Lipinski definition) is 6. The van der Waals surface area contributed by atoms with Crippen LogP contribution < -0.4 is 5.32 Å². The van der Waals surface area contributed by atoms with E-state index in [0.717, 1.165) is 27.5 Å². The zero-order chi connectivity index (χ0) is 20.6. The minimum Gasteiger partial charge on any atom is -0.324 e. The molecule has 6 nitrogen and oxygen atoms in total. The second-order valence-corrected chi connectivity index (χ2v) is 8.16. The van der Waals surface area contributed by atoms with Gasteiger partial charge in [-0.2, -0.15) is 5.26 Å². The average molecular weight is 424 g/mol. The molecule has 0 radical (unpaired) electrons. The number of nitrogens with one attached hydrogen (secondary N) is 1. The summed E-state index contributed by atoms with van der Waals surface area (Å²) in [6.07, 6.45) is 0. The first-order chi connectivity index (χ1) is 14.1. The van der Waals surface area contributed by atoms with E-state index in [-0.39, 0.29) is 11.7 Å². The van der Waals surface area contributed by atoms with Crippen LogP contribution in [0.2, 0.25) is 0 Å². The van der Waals surface area contributed by atoms with Gasteiger partial charge in [0.15, 0.2) is 11.0 Å². The standard InChI is InChI=1S/C21H21N5OS2/c1-3-26-20(16-8-6-7-15(2)13-16)24-25-21(26)29-14-19(27)23-17-9-4-5-10-18(17)28-12-11-22/h4-10,13H,3,12,14H2,1-2H3,(H,23,27). The predicted molar refractivity (Wildman–Crippen MR) is 118 cm³/mol. The van der Waals surface area contributed by atoms with Gasteiger partial charge in [0.2, 0.25) is 5.91 Å². The number of anilines is 1. The highest BCUT2D eigenvalue weighted by Gasteiger charge is 2.15. The monoisotopic (exact) mass is 423 g/mol. The lowest BCUT2D eigenvalue weighted by molar-refractivity contribution is -0.113. The normalized spacial score (nSPS) is 10.5. The Hall–Kier alpha value is -2.76. The third-order valence-corrected chi connectivity index (χ3v) is 6.00. The number of nitriles is 1. The highest BCUT2D eigenvalue weighted by atomic mass is 32.2. The number of benzene rings is 2. The Labute approximate surface area is 178 Å². The van der Waals surface area contributed by atoms with Gasteiger partial charge in [-0.05, 0) is 32.0 Å². The van der Waals surface area contributed by atoms with Gasteiger partial charge in [-0.15, -0.1) is 22.0 Å². The highest BCUT2D eigenvalue weighted by molar-refractivity contribution is 8.00. The predicted octanol–water partition coefficient (Wildman–Crippen LogP) is 4.62. The number of rotatable bonds is 8. The van der Waals surface area contributed by atoms with Gasteiger partial charge in [-0.1, -0.05) is 47.7 Å². The summed E-state index contributed by atoms with van der Waals surface area (Å²) >= 11 is 2.76. The Balaban J connectivity index is 1.68. The zero-order valence-electron chi connectivity index (χ0n) is 16.3. The van der Waals surface area contributed by atoms with Crippen molar-refractivity contribution in [1.29, 1.82) is 5.26 Å². The second-order valence-electron chi connectivity index (χ2n) is 6.20. The molecule has 8 heteroatoms. The number of aryl methyl sites for hydroxylation is 1. The average Bonchev–Trinajstić information content (AvgIpc) is 3.14. The maximum absolute atomic E-state index is 12.5. The molecule has 3 rings (SSSR count). The minimum atomic E-state index is -0.122. The molecule has 1 heterocycles. The lowest BCUT2D eigenvalue weighted by Gasteiger charge is -2.10. The van der Waals surface area contributed by atoms with Gasteiger partial charge in [0, 0.05) is 17.0 Å². The van der Waals surface area contributed by atoms with E-state index in [1.807, 2.05) is 60.9 Å². The molecule has 1 N–H and O–H groups in total. The Morgan fingerprint density at radius 1 is 1.17 bits per heavy atom. The lowest BCUT2D eigenvalue weighted by atomic mass is 10.1. The van der Waals surface area contributed by atoms with Crippen LogP contribution in [-0.4, -0.2) is 32.2 Å². The number of thioether (sulfide) groups is 2. The molecule has 148 valence electrons. The summed E-state index contributed by atoms with van der Waals surface area (Å²) in [5.74, 6) is 1.24. The molecule has 0 saturated heterocycles. The lowest BCUT2D eigenvalue weighted by Crippen LogP contribution is -2.15. The molecular weight excluding hydrogens is 402 g/mol. The smallest absolute Gasteiger partial charge is 0.234 e. The largest absolute Gasteiger partial charge is 0.324 e. The quantitative estimate of drug-likeness (QED) is 0.532. The van der Waals surface area contributed by atoms with Crippen LogP contribution in [0.4, 0.5) is 5.69 Å². The fraction of sp³-hybridized carbons (Fsp3) is 0.238. The molecule has 3 aromatic rings. The third kappa shape index (κ3) is 5.40.